The van der Waals surface area contributed by atoms with Gasteiger partial charge >= 0.3 is 0 Å². The van der Waals surface area contributed by atoms with Crippen molar-refractivity contribution in [1.29, 1.82) is 0 Å². The van der Waals surface area contributed by atoms with Crippen LogP contribution in [0.4, 0.5) is 5.82 Å². The van der Waals surface area contributed by atoms with E-state index in [-0.39, 0.29) is 6.04 Å². The summed E-state index contributed by atoms with van der Waals surface area (Å²) in [6.45, 7) is 4.24. The highest BCUT2D eigenvalue weighted by molar-refractivity contribution is 8.00. The summed E-state index contributed by atoms with van der Waals surface area (Å²) in [4.78, 5) is 18.8. The summed E-state index contributed by atoms with van der Waals surface area (Å²) in [5.74, 6) is 0.832. The largest absolute Gasteiger partial charge is 0.360 e. The van der Waals surface area contributed by atoms with E-state index < -0.39 is 0 Å². The summed E-state index contributed by atoms with van der Waals surface area (Å²) in [5, 5.41) is 4.51. The van der Waals surface area contributed by atoms with Crippen LogP contribution >= 0.6 is 34.4 Å². The third kappa shape index (κ3) is 3.02. The number of thioether (sulfide) groups is 1. The first-order valence-electron chi connectivity index (χ1n) is 6.58. The van der Waals surface area contributed by atoms with Gasteiger partial charge in [0.25, 0.3) is 0 Å². The van der Waals surface area contributed by atoms with Crippen LogP contribution in [0.3, 0.4) is 0 Å². The fourth-order valence-electron chi connectivity index (χ4n) is 1.88. The monoisotopic (exact) mass is 337 g/mol. The summed E-state index contributed by atoms with van der Waals surface area (Å²) in [6.07, 6.45) is 6.55. The van der Waals surface area contributed by atoms with Gasteiger partial charge in [0.1, 0.15) is 21.9 Å². The second kappa shape index (κ2) is 6.25. The van der Waals surface area contributed by atoms with E-state index >= 15 is 0 Å². The van der Waals surface area contributed by atoms with E-state index in [1.54, 1.807) is 40.8 Å². The molecule has 0 radical (unpaired) electrons. The highest BCUT2D eigenvalue weighted by Gasteiger charge is 2.15. The molecule has 0 aliphatic rings. The Hall–Kier alpha value is -1.25. The van der Waals surface area contributed by atoms with Gasteiger partial charge in [-0.1, -0.05) is 18.7 Å². The lowest BCUT2D eigenvalue weighted by Gasteiger charge is -2.11. The first-order valence-corrected chi connectivity index (χ1v) is 9.43. The molecule has 0 aliphatic heterocycles. The minimum absolute atomic E-state index is 0.119. The molecule has 1 unspecified atom stereocenters. The van der Waals surface area contributed by atoms with Crippen LogP contribution in [-0.4, -0.2) is 26.2 Å². The van der Waals surface area contributed by atoms with Gasteiger partial charge < -0.3 is 5.32 Å². The van der Waals surface area contributed by atoms with Crippen LogP contribution in [0.25, 0.3) is 10.3 Å². The number of nitrogens with zero attached hydrogens (tertiary/aromatic N) is 4. The maximum absolute atomic E-state index is 4.48. The molecule has 21 heavy (non-hydrogen) atoms. The molecular weight excluding hydrogens is 322 g/mol. The number of thiazole rings is 2. The number of rotatable bonds is 5. The van der Waals surface area contributed by atoms with Crippen molar-refractivity contribution < 1.29 is 0 Å². The number of aromatic nitrogens is 4. The van der Waals surface area contributed by atoms with Crippen molar-refractivity contribution in [2.45, 2.75) is 30.6 Å². The minimum Gasteiger partial charge on any atom is -0.360 e. The molecular formula is C13H15N5S3. The van der Waals surface area contributed by atoms with E-state index in [1.165, 1.54) is 4.88 Å². The summed E-state index contributed by atoms with van der Waals surface area (Å²) in [7, 11) is 0. The van der Waals surface area contributed by atoms with Crippen LogP contribution in [-0.2, 0) is 6.42 Å². The van der Waals surface area contributed by atoms with Crippen molar-refractivity contribution in [3.8, 4) is 0 Å². The number of hydrogen-bond acceptors (Lipinski definition) is 8. The molecule has 3 rings (SSSR count). The molecule has 110 valence electrons. The van der Waals surface area contributed by atoms with Crippen molar-refractivity contribution >= 4 is 50.6 Å². The molecule has 3 aromatic heterocycles. The fraction of sp³-hybridized carbons (Fsp3) is 0.385. The van der Waals surface area contributed by atoms with E-state index in [0.717, 1.165) is 31.9 Å². The number of aryl methyl sites for hydroxylation is 1. The van der Waals surface area contributed by atoms with Crippen LogP contribution in [0.5, 0.6) is 0 Å². The highest BCUT2D eigenvalue weighted by Crippen LogP contribution is 2.33. The van der Waals surface area contributed by atoms with Crippen LogP contribution in [0.2, 0.25) is 0 Å². The Morgan fingerprint density at radius 1 is 1.29 bits per heavy atom. The van der Waals surface area contributed by atoms with Crippen molar-refractivity contribution in [3.63, 3.8) is 0 Å². The van der Waals surface area contributed by atoms with Gasteiger partial charge in [0, 0.05) is 11.1 Å². The van der Waals surface area contributed by atoms with Crippen molar-refractivity contribution in [3.05, 3.63) is 22.4 Å². The Bertz CT molecular complexity index is 751. The van der Waals surface area contributed by atoms with Crippen molar-refractivity contribution in [2.75, 3.05) is 11.6 Å². The summed E-state index contributed by atoms with van der Waals surface area (Å²) in [5.41, 5.74) is 0.752. The van der Waals surface area contributed by atoms with Crippen molar-refractivity contribution in [2.24, 2.45) is 0 Å². The molecule has 5 nitrogen and oxygen atoms in total. The second-order valence-electron chi connectivity index (χ2n) is 4.44. The zero-order valence-corrected chi connectivity index (χ0v) is 14.4. The zero-order valence-electron chi connectivity index (χ0n) is 12.0. The van der Waals surface area contributed by atoms with E-state index in [2.05, 4.69) is 39.1 Å². The van der Waals surface area contributed by atoms with Gasteiger partial charge in [0.15, 0.2) is 9.99 Å². The standard InChI is InChI=1S/C13H15N5S3/c1-4-8-5-14-12(20-8)7(2)17-10-9-11(16-6-15-10)18-13(19-3)21-9/h5-7H,4H2,1-3H3,(H,15,16,17). The van der Waals surface area contributed by atoms with Gasteiger partial charge in [-0.2, -0.15) is 0 Å². The molecule has 0 spiro atoms. The molecule has 1 N–H and O–H groups in total. The predicted octanol–water partition coefficient (Wildman–Crippen LogP) is 4.00. The topological polar surface area (TPSA) is 63.6 Å². The highest BCUT2D eigenvalue weighted by atomic mass is 32.2. The molecule has 0 saturated carbocycles. The molecule has 0 saturated heterocycles. The lowest BCUT2D eigenvalue weighted by Crippen LogP contribution is -2.07. The first-order chi connectivity index (χ1) is 10.2. The molecule has 0 bridgehead atoms. The number of nitrogens with one attached hydrogen (secondary N) is 1. The van der Waals surface area contributed by atoms with Crippen LogP contribution in [0.1, 0.15) is 29.8 Å². The molecule has 1 atom stereocenters. The van der Waals surface area contributed by atoms with Gasteiger partial charge in [-0.05, 0) is 19.6 Å². The van der Waals surface area contributed by atoms with Gasteiger partial charge in [-0.15, -0.1) is 22.7 Å². The van der Waals surface area contributed by atoms with E-state index in [4.69, 9.17) is 0 Å². The Morgan fingerprint density at radius 3 is 2.86 bits per heavy atom. The average Bonchev–Trinajstić information content (AvgIpc) is 3.14. The zero-order chi connectivity index (χ0) is 14.8. The smallest absolute Gasteiger partial charge is 0.176 e. The van der Waals surface area contributed by atoms with E-state index in [0.29, 0.717) is 0 Å². The summed E-state index contributed by atoms with van der Waals surface area (Å²) in [6, 6.07) is 0.119. The quantitative estimate of drug-likeness (QED) is 0.710. The van der Waals surface area contributed by atoms with Gasteiger partial charge in [-0.25, -0.2) is 19.9 Å². The van der Waals surface area contributed by atoms with Crippen LogP contribution in [0.15, 0.2) is 16.9 Å². The number of fused-ring (bicyclic) bond motifs is 1. The molecule has 3 heterocycles. The maximum Gasteiger partial charge on any atom is 0.176 e. The van der Waals surface area contributed by atoms with Crippen LogP contribution < -0.4 is 5.32 Å². The summed E-state index contributed by atoms with van der Waals surface area (Å²) >= 11 is 4.99. The maximum atomic E-state index is 4.48. The SMILES string of the molecule is CCc1cnc(C(C)Nc2ncnc3nc(SC)sc23)s1. The fourth-order valence-corrected chi connectivity index (χ4v) is 4.20. The van der Waals surface area contributed by atoms with Gasteiger partial charge in [0.2, 0.25) is 0 Å². The molecule has 3 aromatic rings. The third-order valence-corrected chi connectivity index (χ3v) is 6.35. The predicted molar refractivity (Wildman–Crippen MR) is 90.5 cm³/mol. The lowest BCUT2D eigenvalue weighted by atomic mass is 10.3. The molecule has 0 fully saturated rings. The molecule has 8 heteroatoms. The average molecular weight is 337 g/mol. The van der Waals surface area contributed by atoms with E-state index in [1.807, 2.05) is 12.5 Å². The third-order valence-electron chi connectivity index (χ3n) is 2.99. The van der Waals surface area contributed by atoms with Crippen molar-refractivity contribution in [1.82, 2.24) is 19.9 Å². The second-order valence-corrected chi connectivity index (χ2v) is 7.64. The summed E-state index contributed by atoms with van der Waals surface area (Å²) < 4.78 is 2.00. The Labute approximate surface area is 135 Å². The normalized spacial score (nSPS) is 12.7. The molecule has 0 aliphatic carbocycles. The number of anilines is 1. The van der Waals surface area contributed by atoms with E-state index in [9.17, 15) is 0 Å². The Balaban J connectivity index is 1.88. The Morgan fingerprint density at radius 2 is 2.14 bits per heavy atom. The Kier molecular flexibility index (Phi) is 4.37. The number of hydrogen-bond donors (Lipinski definition) is 1. The van der Waals surface area contributed by atoms with Crippen LogP contribution in [0, 0.1) is 0 Å². The van der Waals surface area contributed by atoms with Gasteiger partial charge in [-0.3, -0.25) is 0 Å². The minimum atomic E-state index is 0.119. The van der Waals surface area contributed by atoms with Gasteiger partial charge in [0.05, 0.1) is 6.04 Å². The first kappa shape index (κ1) is 14.7. The lowest BCUT2D eigenvalue weighted by molar-refractivity contribution is 0.862. The molecule has 0 amide bonds. The molecule has 0 aromatic carbocycles.